The molecule has 0 aliphatic heterocycles. The molecule has 4 heteroatoms. The summed E-state index contributed by atoms with van der Waals surface area (Å²) in [5.74, 6) is 1.18. The van der Waals surface area contributed by atoms with E-state index in [-0.39, 0.29) is 0 Å². The van der Waals surface area contributed by atoms with E-state index in [1.807, 2.05) is 12.1 Å². The second-order valence-corrected chi connectivity index (χ2v) is 7.45. The quantitative estimate of drug-likeness (QED) is 0.479. The van der Waals surface area contributed by atoms with Gasteiger partial charge in [-0.05, 0) is 54.7 Å². The lowest BCUT2D eigenvalue weighted by Crippen LogP contribution is -2.00. The van der Waals surface area contributed by atoms with Crippen molar-refractivity contribution in [2.24, 2.45) is 0 Å². The number of fused-ring (bicyclic) bond motifs is 3. The van der Waals surface area contributed by atoms with Crippen LogP contribution < -0.4 is 0 Å². The molecule has 5 rings (SSSR count). The summed E-state index contributed by atoms with van der Waals surface area (Å²) < 4.78 is 5.95. The van der Waals surface area contributed by atoms with Gasteiger partial charge in [0.15, 0.2) is 0 Å². The fourth-order valence-electron chi connectivity index (χ4n) is 3.31. The molecular weight excluding hydrogens is 328 g/mol. The zero-order chi connectivity index (χ0) is 16.8. The molecule has 2 aromatic carbocycles. The summed E-state index contributed by atoms with van der Waals surface area (Å²) in [6, 6.07) is 19.0. The van der Waals surface area contributed by atoms with Crippen LogP contribution in [0.3, 0.4) is 0 Å². The lowest BCUT2D eigenvalue weighted by atomic mass is 9.91. The Labute approximate surface area is 150 Å². The van der Waals surface area contributed by atoms with Crippen LogP contribution in [-0.2, 0) is 12.8 Å². The van der Waals surface area contributed by atoms with E-state index in [9.17, 15) is 0 Å². The van der Waals surface area contributed by atoms with Crippen LogP contribution in [0.1, 0.15) is 16.7 Å². The van der Waals surface area contributed by atoms with Crippen LogP contribution in [0.15, 0.2) is 59.0 Å². The van der Waals surface area contributed by atoms with E-state index >= 15 is 0 Å². The van der Waals surface area contributed by atoms with E-state index in [2.05, 4.69) is 59.6 Å². The van der Waals surface area contributed by atoms with Gasteiger partial charge in [0.25, 0.3) is 5.89 Å². The maximum Gasteiger partial charge on any atom is 0.258 e. The van der Waals surface area contributed by atoms with Gasteiger partial charge >= 0.3 is 0 Å². The lowest BCUT2D eigenvalue weighted by Gasteiger charge is -2.15. The number of aryl methyl sites for hydroxylation is 3. The average molecular weight is 344 g/mol. The molecule has 0 atom stereocenters. The molecule has 0 spiro atoms. The number of thiophene rings is 1. The maximum atomic E-state index is 5.95. The predicted molar refractivity (Wildman–Crippen MR) is 101 cm³/mol. The molecule has 2 heterocycles. The van der Waals surface area contributed by atoms with Crippen molar-refractivity contribution >= 4 is 11.3 Å². The summed E-state index contributed by atoms with van der Waals surface area (Å²) in [4.78, 5) is 2.39. The molecule has 4 aromatic rings. The van der Waals surface area contributed by atoms with Crippen LogP contribution in [0.2, 0.25) is 0 Å². The third kappa shape index (κ3) is 2.50. The first-order chi connectivity index (χ1) is 12.3. The summed E-state index contributed by atoms with van der Waals surface area (Å²) in [7, 11) is 0. The molecule has 3 nitrogen and oxygen atoms in total. The normalized spacial score (nSPS) is 12.7. The molecule has 0 amide bonds. The summed E-state index contributed by atoms with van der Waals surface area (Å²) >= 11 is 1.75. The van der Waals surface area contributed by atoms with Gasteiger partial charge in [-0.15, -0.1) is 21.5 Å². The fraction of sp³-hybridized carbons (Fsp3) is 0.143. The van der Waals surface area contributed by atoms with Gasteiger partial charge in [-0.3, -0.25) is 0 Å². The van der Waals surface area contributed by atoms with E-state index in [1.54, 1.807) is 11.3 Å². The first kappa shape index (κ1) is 14.6. The molecule has 25 heavy (non-hydrogen) atoms. The van der Waals surface area contributed by atoms with E-state index < -0.39 is 0 Å². The molecule has 2 aromatic heterocycles. The number of benzene rings is 2. The largest absolute Gasteiger partial charge is 0.415 e. The molecule has 0 saturated carbocycles. The fourth-order valence-corrected chi connectivity index (χ4v) is 4.50. The van der Waals surface area contributed by atoms with Crippen molar-refractivity contribution in [1.29, 1.82) is 0 Å². The van der Waals surface area contributed by atoms with Crippen LogP contribution >= 0.6 is 11.3 Å². The Morgan fingerprint density at radius 3 is 2.52 bits per heavy atom. The van der Waals surface area contributed by atoms with Gasteiger partial charge in [-0.2, -0.15) is 0 Å². The Morgan fingerprint density at radius 2 is 1.64 bits per heavy atom. The molecule has 0 bridgehead atoms. The van der Waals surface area contributed by atoms with Gasteiger partial charge in [0.1, 0.15) is 0 Å². The standard InChI is InChI=1S/C21H16N2OS/c1-13-6-8-15(9-7-13)20-22-23-21(24-20)18-12-16-11-10-14-4-2-3-5-17(14)19(16)25-18/h2-9,12H,10-11H2,1H3. The van der Waals surface area contributed by atoms with Crippen molar-refractivity contribution in [1.82, 2.24) is 10.2 Å². The van der Waals surface area contributed by atoms with Gasteiger partial charge in [-0.1, -0.05) is 42.0 Å². The van der Waals surface area contributed by atoms with Crippen molar-refractivity contribution in [3.05, 3.63) is 71.3 Å². The number of nitrogens with zero attached hydrogens (tertiary/aromatic N) is 2. The third-order valence-electron chi connectivity index (χ3n) is 4.67. The Morgan fingerprint density at radius 1 is 0.880 bits per heavy atom. The minimum absolute atomic E-state index is 0.571. The summed E-state index contributed by atoms with van der Waals surface area (Å²) in [6.45, 7) is 2.07. The highest BCUT2D eigenvalue weighted by Gasteiger charge is 2.21. The average Bonchev–Trinajstić information content (AvgIpc) is 3.29. The Balaban J connectivity index is 1.54. The number of aromatic nitrogens is 2. The van der Waals surface area contributed by atoms with Crippen molar-refractivity contribution in [3.8, 4) is 32.7 Å². The smallest absolute Gasteiger partial charge is 0.258 e. The van der Waals surface area contributed by atoms with Crippen LogP contribution in [0.4, 0.5) is 0 Å². The van der Waals surface area contributed by atoms with Gasteiger partial charge in [-0.25, -0.2) is 0 Å². The van der Waals surface area contributed by atoms with Crippen molar-refractivity contribution < 1.29 is 4.42 Å². The van der Waals surface area contributed by atoms with Gasteiger partial charge in [0.05, 0.1) is 4.88 Å². The minimum Gasteiger partial charge on any atom is -0.415 e. The second kappa shape index (κ2) is 5.67. The Bertz CT molecular complexity index is 1060. The molecule has 1 aliphatic carbocycles. The van der Waals surface area contributed by atoms with Crippen LogP contribution in [-0.4, -0.2) is 10.2 Å². The van der Waals surface area contributed by atoms with E-state index in [4.69, 9.17) is 4.42 Å². The Kier molecular flexibility index (Phi) is 3.31. The monoisotopic (exact) mass is 344 g/mol. The Hall–Kier alpha value is -2.72. The lowest BCUT2D eigenvalue weighted by molar-refractivity contribution is 0.586. The van der Waals surface area contributed by atoms with Crippen LogP contribution in [0.25, 0.3) is 32.7 Å². The second-order valence-electron chi connectivity index (χ2n) is 6.40. The first-order valence-electron chi connectivity index (χ1n) is 8.40. The molecule has 0 fully saturated rings. The highest BCUT2D eigenvalue weighted by Crippen LogP contribution is 2.42. The minimum atomic E-state index is 0.571. The van der Waals surface area contributed by atoms with E-state index in [0.717, 1.165) is 23.3 Å². The third-order valence-corrected chi connectivity index (χ3v) is 5.87. The molecular formula is C21H16N2OS. The van der Waals surface area contributed by atoms with Crippen LogP contribution in [0, 0.1) is 6.92 Å². The van der Waals surface area contributed by atoms with E-state index in [1.165, 1.54) is 27.1 Å². The number of hydrogen-bond acceptors (Lipinski definition) is 4. The first-order valence-corrected chi connectivity index (χ1v) is 9.21. The maximum absolute atomic E-state index is 5.95. The highest BCUT2D eigenvalue weighted by molar-refractivity contribution is 7.19. The number of hydrogen-bond donors (Lipinski definition) is 0. The molecule has 1 aliphatic rings. The predicted octanol–water partition coefficient (Wildman–Crippen LogP) is 5.54. The zero-order valence-electron chi connectivity index (χ0n) is 13.8. The van der Waals surface area contributed by atoms with Crippen molar-refractivity contribution in [2.75, 3.05) is 0 Å². The summed E-state index contributed by atoms with van der Waals surface area (Å²) in [5, 5.41) is 8.51. The zero-order valence-corrected chi connectivity index (χ0v) is 14.6. The van der Waals surface area contributed by atoms with Gasteiger partial charge in [0.2, 0.25) is 5.89 Å². The van der Waals surface area contributed by atoms with Crippen LogP contribution in [0.5, 0.6) is 0 Å². The number of rotatable bonds is 2. The van der Waals surface area contributed by atoms with Gasteiger partial charge in [0, 0.05) is 10.4 Å². The molecule has 0 unspecified atom stereocenters. The van der Waals surface area contributed by atoms with Gasteiger partial charge < -0.3 is 4.42 Å². The summed E-state index contributed by atoms with van der Waals surface area (Å²) in [6.07, 6.45) is 2.17. The molecule has 0 N–H and O–H groups in total. The summed E-state index contributed by atoms with van der Waals surface area (Å²) in [5.41, 5.74) is 6.32. The van der Waals surface area contributed by atoms with Crippen molar-refractivity contribution in [2.45, 2.75) is 19.8 Å². The SMILES string of the molecule is Cc1ccc(-c2nnc(-c3cc4c(s3)-c3ccccc3CC4)o2)cc1. The topological polar surface area (TPSA) is 38.9 Å². The van der Waals surface area contributed by atoms with Crippen molar-refractivity contribution in [3.63, 3.8) is 0 Å². The molecule has 0 saturated heterocycles. The van der Waals surface area contributed by atoms with E-state index in [0.29, 0.717) is 11.8 Å². The molecule has 122 valence electrons. The molecule has 0 radical (unpaired) electrons. The highest BCUT2D eigenvalue weighted by atomic mass is 32.1.